The Morgan fingerprint density at radius 3 is 2.60 bits per heavy atom. The van der Waals surface area contributed by atoms with Crippen molar-refractivity contribution in [2.24, 2.45) is 0 Å². The van der Waals surface area contributed by atoms with Gasteiger partial charge in [-0.15, -0.1) is 0 Å². The highest BCUT2D eigenvalue weighted by Gasteiger charge is 2.32. The molecule has 0 aliphatic rings. The monoisotopic (exact) mass is 287 g/mol. The van der Waals surface area contributed by atoms with Crippen molar-refractivity contribution in [3.63, 3.8) is 0 Å². The fourth-order valence-corrected chi connectivity index (χ4v) is 1.25. The van der Waals surface area contributed by atoms with Crippen LogP contribution in [-0.4, -0.2) is 17.5 Å². The molecule has 0 aromatic heterocycles. The van der Waals surface area contributed by atoms with Crippen LogP contribution in [0, 0.1) is 22.0 Å². The summed E-state index contributed by atoms with van der Waals surface area (Å²) in [6.45, 7) is 1.61. The van der Waals surface area contributed by atoms with Crippen LogP contribution in [0.1, 0.15) is 18.1 Å². The molecule has 0 bridgehead atoms. The number of carbonyl (C=O) groups excluding carboxylic acids is 1. The first kappa shape index (κ1) is 15.5. The molecule has 0 N–H and O–H groups in total. The number of rotatable bonds is 2. The Hall–Kier alpha value is -2.56. The van der Waals surface area contributed by atoms with Crippen LogP contribution in [0.2, 0.25) is 0 Å². The van der Waals surface area contributed by atoms with E-state index >= 15 is 0 Å². The van der Waals surface area contributed by atoms with Gasteiger partial charge < -0.3 is 4.74 Å². The van der Waals surface area contributed by atoms with Crippen molar-refractivity contribution in [1.82, 2.24) is 0 Å². The standard InChI is InChI=1S/C12H8F3NO4/c1-2-20-11(17)6-4-8-3-5-9(12(13,14)15)7-10(8)16(18)19/h3,5,7H,2H2,1H3. The maximum absolute atomic E-state index is 12.4. The minimum atomic E-state index is -4.70. The van der Waals surface area contributed by atoms with Gasteiger partial charge in [-0.25, -0.2) is 4.79 Å². The highest BCUT2D eigenvalue weighted by atomic mass is 19.4. The predicted octanol–water partition coefficient (Wildman–Crippen LogP) is 2.53. The van der Waals surface area contributed by atoms with Gasteiger partial charge >= 0.3 is 12.1 Å². The molecule has 1 rings (SSSR count). The lowest BCUT2D eigenvalue weighted by Gasteiger charge is -2.06. The molecule has 0 heterocycles. The van der Waals surface area contributed by atoms with Crippen molar-refractivity contribution < 1.29 is 27.6 Å². The van der Waals surface area contributed by atoms with Crippen LogP contribution in [0.4, 0.5) is 18.9 Å². The van der Waals surface area contributed by atoms with Crippen molar-refractivity contribution in [3.8, 4) is 11.8 Å². The zero-order valence-electron chi connectivity index (χ0n) is 10.2. The van der Waals surface area contributed by atoms with Gasteiger partial charge in [0.2, 0.25) is 0 Å². The normalized spacial score (nSPS) is 10.4. The predicted molar refractivity (Wildman–Crippen MR) is 61.6 cm³/mol. The van der Waals surface area contributed by atoms with Gasteiger partial charge in [0.1, 0.15) is 5.56 Å². The Kier molecular flexibility index (Phi) is 4.69. The average molecular weight is 287 g/mol. The summed E-state index contributed by atoms with van der Waals surface area (Å²) in [4.78, 5) is 20.7. The third-order valence-electron chi connectivity index (χ3n) is 2.10. The molecular weight excluding hydrogens is 279 g/mol. The van der Waals surface area contributed by atoms with E-state index in [4.69, 9.17) is 0 Å². The van der Waals surface area contributed by atoms with E-state index < -0.39 is 28.3 Å². The second-order valence-electron chi connectivity index (χ2n) is 3.46. The second-order valence-corrected chi connectivity index (χ2v) is 3.46. The molecule has 8 heteroatoms. The number of carbonyl (C=O) groups is 1. The molecule has 0 amide bonds. The van der Waals surface area contributed by atoms with E-state index in [0.717, 1.165) is 6.07 Å². The zero-order chi connectivity index (χ0) is 15.3. The van der Waals surface area contributed by atoms with Crippen molar-refractivity contribution in [1.29, 1.82) is 0 Å². The van der Waals surface area contributed by atoms with Crippen molar-refractivity contribution >= 4 is 11.7 Å². The number of ether oxygens (including phenoxy) is 1. The van der Waals surface area contributed by atoms with Crippen LogP contribution < -0.4 is 0 Å². The summed E-state index contributed by atoms with van der Waals surface area (Å²) in [5, 5.41) is 10.7. The number of nitro groups is 1. The molecule has 5 nitrogen and oxygen atoms in total. The molecule has 0 aliphatic carbocycles. The minimum absolute atomic E-state index is 0.0720. The third kappa shape index (κ3) is 3.98. The smallest absolute Gasteiger partial charge is 0.416 e. The van der Waals surface area contributed by atoms with Crippen molar-refractivity contribution in [2.75, 3.05) is 6.61 Å². The summed E-state index contributed by atoms with van der Waals surface area (Å²) in [6.07, 6.45) is -4.70. The molecule has 0 fully saturated rings. The Bertz CT molecular complexity index is 599. The SMILES string of the molecule is CCOC(=O)C#Cc1ccc(C(F)(F)F)cc1[N+](=O)[O-]. The van der Waals surface area contributed by atoms with Crippen LogP contribution in [0.3, 0.4) is 0 Å². The van der Waals surface area contributed by atoms with Gasteiger partial charge in [-0.05, 0) is 25.0 Å². The molecule has 106 valence electrons. The van der Waals surface area contributed by atoms with Gasteiger partial charge in [0.05, 0.1) is 17.1 Å². The molecule has 0 aliphatic heterocycles. The largest absolute Gasteiger partial charge is 0.456 e. The Morgan fingerprint density at radius 1 is 1.45 bits per heavy atom. The maximum atomic E-state index is 12.4. The third-order valence-corrected chi connectivity index (χ3v) is 2.10. The first-order chi connectivity index (χ1) is 9.25. The van der Waals surface area contributed by atoms with Crippen molar-refractivity contribution in [3.05, 3.63) is 39.4 Å². The molecular formula is C12H8F3NO4. The van der Waals surface area contributed by atoms with E-state index in [2.05, 4.69) is 10.7 Å². The number of esters is 1. The number of benzene rings is 1. The van der Waals surface area contributed by atoms with Crippen molar-refractivity contribution in [2.45, 2.75) is 13.1 Å². The number of alkyl halides is 3. The Labute approximate surface area is 111 Å². The van der Waals surface area contributed by atoms with E-state index in [9.17, 15) is 28.1 Å². The summed E-state index contributed by atoms with van der Waals surface area (Å²) < 4.78 is 41.8. The lowest BCUT2D eigenvalue weighted by atomic mass is 10.1. The lowest BCUT2D eigenvalue weighted by Crippen LogP contribution is -2.06. The quantitative estimate of drug-likeness (QED) is 0.363. The van der Waals surface area contributed by atoms with E-state index in [1.54, 1.807) is 6.92 Å². The zero-order valence-corrected chi connectivity index (χ0v) is 10.2. The lowest BCUT2D eigenvalue weighted by molar-refractivity contribution is -0.385. The number of nitrogens with zero attached hydrogens (tertiary/aromatic N) is 1. The Balaban J connectivity index is 3.21. The average Bonchev–Trinajstić information content (AvgIpc) is 2.35. The number of halogens is 3. The molecule has 0 spiro atoms. The van der Waals surface area contributed by atoms with E-state index in [-0.39, 0.29) is 12.2 Å². The maximum Gasteiger partial charge on any atom is 0.416 e. The fourth-order valence-electron chi connectivity index (χ4n) is 1.25. The highest BCUT2D eigenvalue weighted by Crippen LogP contribution is 2.32. The van der Waals surface area contributed by atoms with Crippen LogP contribution in [0.15, 0.2) is 18.2 Å². The molecule has 0 atom stereocenters. The summed E-state index contributed by atoms with van der Waals surface area (Å²) in [5.41, 5.74) is -2.28. The molecule has 20 heavy (non-hydrogen) atoms. The molecule has 0 unspecified atom stereocenters. The van der Waals surface area contributed by atoms with Gasteiger partial charge in [0.25, 0.3) is 5.69 Å². The van der Waals surface area contributed by atoms with E-state index in [1.165, 1.54) is 0 Å². The van der Waals surface area contributed by atoms with E-state index in [0.29, 0.717) is 12.1 Å². The van der Waals surface area contributed by atoms with Gasteiger partial charge in [-0.2, -0.15) is 13.2 Å². The van der Waals surface area contributed by atoms with Gasteiger partial charge in [-0.3, -0.25) is 10.1 Å². The second kappa shape index (κ2) is 6.06. The van der Waals surface area contributed by atoms with Crippen LogP contribution >= 0.6 is 0 Å². The molecule has 1 aromatic rings. The number of hydrogen-bond donors (Lipinski definition) is 0. The Morgan fingerprint density at radius 2 is 2.10 bits per heavy atom. The highest BCUT2D eigenvalue weighted by molar-refractivity contribution is 5.89. The summed E-state index contributed by atoms with van der Waals surface area (Å²) in [6, 6.07) is 1.87. The molecule has 0 radical (unpaired) electrons. The molecule has 0 saturated heterocycles. The van der Waals surface area contributed by atoms with Crippen LogP contribution in [0.5, 0.6) is 0 Å². The molecule has 0 saturated carbocycles. The van der Waals surface area contributed by atoms with E-state index in [1.807, 2.05) is 5.92 Å². The summed E-state index contributed by atoms with van der Waals surface area (Å²) in [7, 11) is 0. The van der Waals surface area contributed by atoms with Gasteiger partial charge in [-0.1, -0.05) is 0 Å². The summed E-state index contributed by atoms with van der Waals surface area (Å²) in [5.74, 6) is 3.17. The van der Waals surface area contributed by atoms with Gasteiger partial charge in [0.15, 0.2) is 0 Å². The number of hydrogen-bond acceptors (Lipinski definition) is 4. The fraction of sp³-hybridized carbons (Fsp3) is 0.250. The van der Waals surface area contributed by atoms with Crippen LogP contribution in [-0.2, 0) is 15.7 Å². The first-order valence-corrected chi connectivity index (χ1v) is 5.30. The van der Waals surface area contributed by atoms with Gasteiger partial charge in [0, 0.05) is 12.0 Å². The minimum Gasteiger partial charge on any atom is -0.456 e. The summed E-state index contributed by atoms with van der Waals surface area (Å²) >= 11 is 0. The van der Waals surface area contributed by atoms with Crippen LogP contribution in [0.25, 0.3) is 0 Å². The number of nitro benzene ring substituents is 1. The topological polar surface area (TPSA) is 69.4 Å². The first-order valence-electron chi connectivity index (χ1n) is 5.30. The molecule has 1 aromatic carbocycles.